The predicted octanol–water partition coefficient (Wildman–Crippen LogP) is 3.10. The quantitative estimate of drug-likeness (QED) is 0.614. The Balaban J connectivity index is 1.56. The van der Waals surface area contributed by atoms with E-state index < -0.39 is 5.97 Å². The van der Waals surface area contributed by atoms with Gasteiger partial charge in [-0.25, -0.2) is 0 Å². The molecule has 5 nitrogen and oxygen atoms in total. The molecule has 1 aromatic rings. The van der Waals surface area contributed by atoms with Crippen molar-refractivity contribution < 1.29 is 19.3 Å². The number of hydrogen-bond acceptors (Lipinski definition) is 4. The Morgan fingerprint density at radius 2 is 1.88 bits per heavy atom. The summed E-state index contributed by atoms with van der Waals surface area (Å²) in [5.41, 5.74) is 1.15. The third-order valence-electron chi connectivity index (χ3n) is 5.81. The van der Waals surface area contributed by atoms with Gasteiger partial charge in [-0.1, -0.05) is 49.6 Å². The summed E-state index contributed by atoms with van der Waals surface area (Å²) in [6.45, 7) is 1.27. The summed E-state index contributed by atoms with van der Waals surface area (Å²) in [4.78, 5) is 25.5. The molecule has 0 aromatic heterocycles. The van der Waals surface area contributed by atoms with Gasteiger partial charge >= 0.3 is 5.97 Å². The van der Waals surface area contributed by atoms with Crippen LogP contribution in [0.4, 0.5) is 0 Å². The van der Waals surface area contributed by atoms with Crippen molar-refractivity contribution in [3.05, 3.63) is 35.9 Å². The zero-order chi connectivity index (χ0) is 16.6. The van der Waals surface area contributed by atoms with Gasteiger partial charge in [0.15, 0.2) is 0 Å². The van der Waals surface area contributed by atoms with Gasteiger partial charge in [0.1, 0.15) is 0 Å². The second-order valence-corrected chi connectivity index (χ2v) is 7.21. The van der Waals surface area contributed by atoms with E-state index in [2.05, 4.69) is 12.1 Å². The minimum Gasteiger partial charge on any atom is -0.337 e. The van der Waals surface area contributed by atoms with Crippen molar-refractivity contribution in [1.29, 1.82) is 0 Å². The SMILES string of the molecule is COC1([C@H]2CN(Cc3ccccc3)C(=O)[C@@H]2C2CCCCC2)OO1. The fourth-order valence-corrected chi connectivity index (χ4v) is 4.51. The van der Waals surface area contributed by atoms with Gasteiger partial charge in [0.25, 0.3) is 0 Å². The van der Waals surface area contributed by atoms with E-state index in [1.807, 2.05) is 23.1 Å². The smallest absolute Gasteiger partial charge is 0.337 e. The van der Waals surface area contributed by atoms with Crippen LogP contribution in [0.1, 0.15) is 37.7 Å². The first kappa shape index (κ1) is 16.1. The van der Waals surface area contributed by atoms with E-state index in [1.165, 1.54) is 19.3 Å². The summed E-state index contributed by atoms with van der Waals surface area (Å²) in [6.07, 6.45) is 5.93. The third kappa shape index (κ3) is 2.85. The molecule has 2 aliphatic heterocycles. The van der Waals surface area contributed by atoms with Gasteiger partial charge in [0.2, 0.25) is 5.91 Å². The maximum atomic E-state index is 13.2. The summed E-state index contributed by atoms with van der Waals surface area (Å²) in [5, 5.41) is 0. The molecule has 0 N–H and O–H groups in total. The minimum atomic E-state index is -1.01. The van der Waals surface area contributed by atoms with Crippen LogP contribution in [0.3, 0.4) is 0 Å². The Morgan fingerprint density at radius 3 is 2.50 bits per heavy atom. The Labute approximate surface area is 142 Å². The van der Waals surface area contributed by atoms with Gasteiger partial charge < -0.3 is 9.64 Å². The Morgan fingerprint density at radius 1 is 1.17 bits per heavy atom. The number of hydrogen-bond donors (Lipinski definition) is 0. The van der Waals surface area contributed by atoms with E-state index in [0.29, 0.717) is 19.0 Å². The molecule has 1 aliphatic carbocycles. The van der Waals surface area contributed by atoms with Crippen molar-refractivity contribution >= 4 is 5.91 Å². The lowest BCUT2D eigenvalue weighted by atomic mass is 9.74. The number of rotatable bonds is 5. The van der Waals surface area contributed by atoms with E-state index >= 15 is 0 Å². The molecule has 2 heterocycles. The molecule has 3 aliphatic rings. The van der Waals surface area contributed by atoms with Gasteiger partial charge in [0, 0.05) is 20.2 Å². The summed E-state index contributed by atoms with van der Waals surface area (Å²) in [6, 6.07) is 10.1. The first-order chi connectivity index (χ1) is 11.7. The molecule has 4 rings (SSSR count). The minimum absolute atomic E-state index is 0.0539. The molecule has 5 heteroatoms. The molecular weight excluding hydrogens is 306 g/mol. The van der Waals surface area contributed by atoms with Gasteiger partial charge in [-0.3, -0.25) is 4.79 Å². The van der Waals surface area contributed by atoms with Crippen molar-refractivity contribution in [2.24, 2.45) is 17.8 Å². The fraction of sp³-hybridized carbons (Fsp3) is 0.632. The van der Waals surface area contributed by atoms with E-state index in [-0.39, 0.29) is 17.7 Å². The highest BCUT2D eigenvalue weighted by atomic mass is 17.4. The molecule has 2 saturated heterocycles. The Kier molecular flexibility index (Phi) is 4.33. The normalized spacial score (nSPS) is 29.9. The fourth-order valence-electron chi connectivity index (χ4n) is 4.51. The summed E-state index contributed by atoms with van der Waals surface area (Å²) in [7, 11) is 1.59. The number of nitrogens with zero attached hydrogens (tertiary/aromatic N) is 1. The molecule has 3 fully saturated rings. The average molecular weight is 331 g/mol. The number of methoxy groups -OCH3 is 1. The second kappa shape index (κ2) is 6.47. The van der Waals surface area contributed by atoms with E-state index in [1.54, 1.807) is 7.11 Å². The largest absolute Gasteiger partial charge is 0.345 e. The molecule has 1 amide bonds. The first-order valence-electron chi connectivity index (χ1n) is 8.98. The van der Waals surface area contributed by atoms with E-state index in [4.69, 9.17) is 14.5 Å². The van der Waals surface area contributed by atoms with Crippen molar-refractivity contribution in [2.75, 3.05) is 13.7 Å². The number of benzene rings is 1. The van der Waals surface area contributed by atoms with Gasteiger partial charge in [-0.05, 0) is 24.3 Å². The Hall–Kier alpha value is -1.43. The zero-order valence-corrected chi connectivity index (χ0v) is 14.1. The molecule has 24 heavy (non-hydrogen) atoms. The van der Waals surface area contributed by atoms with Crippen molar-refractivity contribution in [2.45, 2.75) is 44.6 Å². The molecule has 130 valence electrons. The van der Waals surface area contributed by atoms with Crippen molar-refractivity contribution in [3.63, 3.8) is 0 Å². The number of carbonyl (C=O) groups is 1. The molecule has 0 radical (unpaired) electrons. The van der Waals surface area contributed by atoms with E-state index in [0.717, 1.165) is 18.4 Å². The lowest BCUT2D eigenvalue weighted by molar-refractivity contribution is -0.136. The van der Waals surface area contributed by atoms with E-state index in [9.17, 15) is 4.79 Å². The number of carbonyl (C=O) groups excluding carboxylic acids is 1. The topological polar surface area (TPSA) is 54.6 Å². The van der Waals surface area contributed by atoms with Crippen LogP contribution in [-0.4, -0.2) is 30.4 Å². The van der Waals surface area contributed by atoms with Crippen LogP contribution in [0.5, 0.6) is 0 Å². The van der Waals surface area contributed by atoms with Gasteiger partial charge in [-0.2, -0.15) is 9.78 Å². The lowest BCUT2D eigenvalue weighted by Gasteiger charge is -2.30. The van der Waals surface area contributed by atoms with Crippen LogP contribution in [0.2, 0.25) is 0 Å². The van der Waals surface area contributed by atoms with Crippen LogP contribution in [-0.2, 0) is 25.9 Å². The molecule has 1 aromatic carbocycles. The molecule has 1 saturated carbocycles. The molecule has 0 bridgehead atoms. The summed E-state index contributed by atoms with van der Waals surface area (Å²) in [5.74, 6) is -0.482. The highest BCUT2D eigenvalue weighted by Crippen LogP contribution is 2.50. The maximum absolute atomic E-state index is 13.2. The maximum Gasteiger partial charge on any atom is 0.345 e. The molecule has 0 unspecified atom stereocenters. The van der Waals surface area contributed by atoms with Crippen LogP contribution >= 0.6 is 0 Å². The van der Waals surface area contributed by atoms with Gasteiger partial charge in [-0.15, -0.1) is 0 Å². The predicted molar refractivity (Wildman–Crippen MR) is 87.3 cm³/mol. The third-order valence-corrected chi connectivity index (χ3v) is 5.81. The zero-order valence-electron chi connectivity index (χ0n) is 14.1. The monoisotopic (exact) mass is 331 g/mol. The number of likely N-dealkylation sites (tertiary alicyclic amines) is 1. The second-order valence-electron chi connectivity index (χ2n) is 7.21. The van der Waals surface area contributed by atoms with Crippen LogP contribution < -0.4 is 0 Å². The van der Waals surface area contributed by atoms with Crippen LogP contribution in [0.25, 0.3) is 0 Å². The molecular formula is C19H25NO4. The van der Waals surface area contributed by atoms with Gasteiger partial charge in [0.05, 0.1) is 11.8 Å². The average Bonchev–Trinajstić information content (AvgIpc) is 3.37. The standard InChI is InChI=1S/C19H25NO4/c1-22-19(23-24-19)16-13-20(12-14-8-4-2-5-9-14)18(21)17(16)15-10-6-3-7-11-15/h2,4-5,8-9,15-17H,3,6-7,10-13H2,1H3/t16-,17+/m0/s1. The summed E-state index contributed by atoms with van der Waals surface area (Å²) >= 11 is 0. The van der Waals surface area contributed by atoms with Crippen LogP contribution in [0.15, 0.2) is 30.3 Å². The Bertz CT molecular complexity index is 580. The lowest BCUT2D eigenvalue weighted by Crippen LogP contribution is -2.37. The number of amides is 1. The molecule has 0 spiro atoms. The van der Waals surface area contributed by atoms with Crippen LogP contribution in [0, 0.1) is 17.8 Å². The highest BCUT2D eigenvalue weighted by Gasteiger charge is 2.65. The number of ether oxygens (including phenoxy) is 1. The molecule has 2 atom stereocenters. The summed E-state index contributed by atoms with van der Waals surface area (Å²) < 4.78 is 5.48. The van der Waals surface area contributed by atoms with Crippen molar-refractivity contribution in [3.8, 4) is 0 Å². The first-order valence-corrected chi connectivity index (χ1v) is 8.98. The highest BCUT2D eigenvalue weighted by molar-refractivity contribution is 5.82. The van der Waals surface area contributed by atoms with Crippen molar-refractivity contribution in [1.82, 2.24) is 4.90 Å².